The number of unbranched alkanes of at least 4 members (excludes halogenated alkanes) is 1. The molecule has 0 fully saturated rings. The predicted octanol–water partition coefficient (Wildman–Crippen LogP) is 3.34. The van der Waals surface area contributed by atoms with Crippen molar-refractivity contribution in [3.63, 3.8) is 0 Å². The molecule has 0 amide bonds. The minimum Gasteiger partial charge on any atom is -0.494 e. The van der Waals surface area contributed by atoms with Crippen LogP contribution in [0.1, 0.15) is 19.8 Å². The maximum Gasteiger partial charge on any atom is 0.191 e. The quantitative estimate of drug-likeness (QED) is 0.211. The molecule has 0 unspecified atom stereocenters. The summed E-state index contributed by atoms with van der Waals surface area (Å²) in [6, 6.07) is 6.06. The van der Waals surface area contributed by atoms with E-state index in [0.717, 1.165) is 31.9 Å². The predicted molar refractivity (Wildman–Crippen MR) is 101 cm³/mol. The Hall–Kier alpha value is -1.31. The van der Waals surface area contributed by atoms with Gasteiger partial charge < -0.3 is 15.4 Å². The lowest BCUT2D eigenvalue weighted by Gasteiger charge is -2.09. The lowest BCUT2D eigenvalue weighted by molar-refractivity contribution is 0.307. The molecule has 4 nitrogen and oxygen atoms in total. The van der Waals surface area contributed by atoms with Crippen molar-refractivity contribution in [2.24, 2.45) is 4.99 Å². The summed E-state index contributed by atoms with van der Waals surface area (Å²) in [7, 11) is 0. The summed E-state index contributed by atoms with van der Waals surface area (Å²) in [4.78, 5) is 4.45. The molecule has 0 aliphatic heterocycles. The highest BCUT2D eigenvalue weighted by atomic mass is 127. The largest absolute Gasteiger partial charge is 0.494 e. The first-order valence-electron chi connectivity index (χ1n) is 7.27. The highest BCUT2D eigenvalue weighted by molar-refractivity contribution is 14.0. The zero-order valence-corrected chi connectivity index (χ0v) is 15.3. The summed E-state index contributed by atoms with van der Waals surface area (Å²) in [5.41, 5.74) is 0. The van der Waals surface area contributed by atoms with Gasteiger partial charge in [-0.1, -0.05) is 6.08 Å². The summed E-state index contributed by atoms with van der Waals surface area (Å²) in [6.07, 6.45) is 3.64. The number of nitrogens with one attached hydrogen (secondary N) is 2. The van der Waals surface area contributed by atoms with Crippen LogP contribution in [0.15, 0.2) is 41.9 Å². The van der Waals surface area contributed by atoms with Crippen LogP contribution in [0.4, 0.5) is 4.39 Å². The van der Waals surface area contributed by atoms with Gasteiger partial charge in [0.05, 0.1) is 6.61 Å². The lowest BCUT2D eigenvalue weighted by atomic mass is 10.3. The van der Waals surface area contributed by atoms with Gasteiger partial charge >= 0.3 is 0 Å². The Morgan fingerprint density at radius 3 is 2.64 bits per heavy atom. The number of rotatable bonds is 9. The van der Waals surface area contributed by atoms with Gasteiger partial charge in [-0.3, -0.25) is 4.99 Å². The third kappa shape index (κ3) is 9.59. The fourth-order valence-corrected chi connectivity index (χ4v) is 1.64. The van der Waals surface area contributed by atoms with Crippen molar-refractivity contribution in [2.75, 3.05) is 26.2 Å². The second kappa shape index (κ2) is 13.4. The molecule has 0 heterocycles. The zero-order valence-electron chi connectivity index (χ0n) is 13.0. The highest BCUT2D eigenvalue weighted by Gasteiger charge is 1.96. The Morgan fingerprint density at radius 1 is 1.27 bits per heavy atom. The second-order valence-corrected chi connectivity index (χ2v) is 4.44. The molecule has 1 aromatic carbocycles. The number of hydrogen-bond donors (Lipinski definition) is 2. The van der Waals surface area contributed by atoms with Crippen molar-refractivity contribution < 1.29 is 9.13 Å². The van der Waals surface area contributed by atoms with E-state index in [1.807, 2.05) is 6.92 Å². The second-order valence-electron chi connectivity index (χ2n) is 4.44. The van der Waals surface area contributed by atoms with Crippen molar-refractivity contribution in [1.82, 2.24) is 10.6 Å². The maximum atomic E-state index is 12.7. The minimum atomic E-state index is -0.250. The van der Waals surface area contributed by atoms with Crippen molar-refractivity contribution >= 4 is 29.9 Å². The van der Waals surface area contributed by atoms with Gasteiger partial charge in [0.1, 0.15) is 11.6 Å². The van der Waals surface area contributed by atoms with Crippen molar-refractivity contribution in [2.45, 2.75) is 19.8 Å². The number of ether oxygens (including phenoxy) is 1. The first-order valence-corrected chi connectivity index (χ1v) is 7.27. The van der Waals surface area contributed by atoms with Crippen LogP contribution in [-0.4, -0.2) is 32.2 Å². The summed E-state index contributed by atoms with van der Waals surface area (Å²) >= 11 is 0. The third-order valence-corrected chi connectivity index (χ3v) is 2.66. The monoisotopic (exact) mass is 421 g/mol. The number of halogens is 2. The normalized spacial score (nSPS) is 10.5. The van der Waals surface area contributed by atoms with E-state index in [1.165, 1.54) is 12.1 Å². The number of aliphatic imine (C=N–C) groups is 1. The van der Waals surface area contributed by atoms with Gasteiger partial charge in [-0.25, -0.2) is 4.39 Å². The van der Waals surface area contributed by atoms with Crippen LogP contribution >= 0.6 is 24.0 Å². The highest BCUT2D eigenvalue weighted by Crippen LogP contribution is 2.11. The molecule has 0 atom stereocenters. The summed E-state index contributed by atoms with van der Waals surface area (Å²) in [6.45, 7) is 8.56. The molecule has 1 rings (SSSR count). The maximum absolute atomic E-state index is 12.7. The van der Waals surface area contributed by atoms with Gasteiger partial charge in [0.25, 0.3) is 0 Å². The van der Waals surface area contributed by atoms with Crippen LogP contribution in [0.2, 0.25) is 0 Å². The van der Waals surface area contributed by atoms with Gasteiger partial charge in [0.2, 0.25) is 0 Å². The van der Waals surface area contributed by atoms with Crippen LogP contribution in [0, 0.1) is 5.82 Å². The van der Waals surface area contributed by atoms with E-state index in [1.54, 1.807) is 18.2 Å². The fraction of sp³-hybridized carbons (Fsp3) is 0.438. The third-order valence-electron chi connectivity index (χ3n) is 2.66. The smallest absolute Gasteiger partial charge is 0.191 e. The number of benzene rings is 1. The molecule has 0 aliphatic rings. The van der Waals surface area contributed by atoms with Crippen molar-refractivity contribution in [1.29, 1.82) is 0 Å². The molecular formula is C16H25FIN3O. The van der Waals surface area contributed by atoms with E-state index in [2.05, 4.69) is 22.2 Å². The van der Waals surface area contributed by atoms with E-state index in [9.17, 15) is 4.39 Å². The zero-order chi connectivity index (χ0) is 15.3. The topological polar surface area (TPSA) is 45.7 Å². The molecule has 2 N–H and O–H groups in total. The molecule has 0 aromatic heterocycles. The van der Waals surface area contributed by atoms with E-state index < -0.39 is 0 Å². The van der Waals surface area contributed by atoms with Gasteiger partial charge in [0, 0.05) is 19.6 Å². The standard InChI is InChI=1S/C16H24FN3O.HI/c1-3-11-19-16(18-4-2)20-12-5-6-13-21-15-9-7-14(17)8-10-15;/h3,7-10H,1,4-6,11-13H2,2H3,(H2,18,19,20);1H. The van der Waals surface area contributed by atoms with Crippen molar-refractivity contribution in [3.05, 3.63) is 42.7 Å². The first kappa shape index (κ1) is 20.7. The van der Waals surface area contributed by atoms with E-state index in [0.29, 0.717) is 18.9 Å². The molecular weight excluding hydrogens is 396 g/mol. The van der Waals surface area contributed by atoms with Crippen LogP contribution in [-0.2, 0) is 0 Å². The van der Waals surface area contributed by atoms with Crippen LogP contribution in [0.3, 0.4) is 0 Å². The van der Waals surface area contributed by atoms with Crippen LogP contribution in [0.25, 0.3) is 0 Å². The van der Waals surface area contributed by atoms with Gasteiger partial charge in [-0.15, -0.1) is 30.6 Å². The van der Waals surface area contributed by atoms with Gasteiger partial charge in [-0.2, -0.15) is 0 Å². The first-order chi connectivity index (χ1) is 10.3. The van der Waals surface area contributed by atoms with E-state index in [4.69, 9.17) is 4.74 Å². The molecule has 124 valence electrons. The van der Waals surface area contributed by atoms with E-state index >= 15 is 0 Å². The molecule has 0 saturated carbocycles. The van der Waals surface area contributed by atoms with E-state index in [-0.39, 0.29) is 29.8 Å². The van der Waals surface area contributed by atoms with Gasteiger partial charge in [0.15, 0.2) is 5.96 Å². The Balaban J connectivity index is 0.00000441. The Kier molecular flexibility index (Phi) is 12.6. The van der Waals surface area contributed by atoms with Crippen LogP contribution in [0.5, 0.6) is 5.75 Å². The Morgan fingerprint density at radius 2 is 2.00 bits per heavy atom. The molecule has 1 aromatic rings. The molecule has 0 spiro atoms. The average molecular weight is 421 g/mol. The molecule has 0 radical (unpaired) electrons. The molecule has 6 heteroatoms. The molecule has 22 heavy (non-hydrogen) atoms. The molecule has 0 bridgehead atoms. The average Bonchev–Trinajstić information content (AvgIpc) is 2.50. The number of nitrogens with zero attached hydrogens (tertiary/aromatic N) is 1. The number of guanidine groups is 1. The minimum absolute atomic E-state index is 0. The fourth-order valence-electron chi connectivity index (χ4n) is 1.64. The van der Waals surface area contributed by atoms with Crippen molar-refractivity contribution in [3.8, 4) is 5.75 Å². The Bertz CT molecular complexity index is 438. The van der Waals surface area contributed by atoms with Gasteiger partial charge in [-0.05, 0) is 44.0 Å². The Labute approximate surface area is 149 Å². The molecule has 0 saturated heterocycles. The summed E-state index contributed by atoms with van der Waals surface area (Å²) in [5, 5.41) is 6.31. The summed E-state index contributed by atoms with van der Waals surface area (Å²) in [5.74, 6) is 1.25. The SMILES string of the molecule is C=CCNC(=NCCCCOc1ccc(F)cc1)NCC.I. The number of hydrogen-bond acceptors (Lipinski definition) is 2. The lowest BCUT2D eigenvalue weighted by Crippen LogP contribution is -2.37. The molecule has 0 aliphatic carbocycles. The van der Waals surface area contributed by atoms with Crippen LogP contribution < -0.4 is 15.4 Å². The summed E-state index contributed by atoms with van der Waals surface area (Å²) < 4.78 is 18.2.